The van der Waals surface area contributed by atoms with E-state index in [0.717, 1.165) is 12.1 Å². The summed E-state index contributed by atoms with van der Waals surface area (Å²) in [7, 11) is 0. The van der Waals surface area contributed by atoms with Crippen molar-refractivity contribution in [2.45, 2.75) is 26.1 Å². The molecule has 0 fully saturated rings. The van der Waals surface area contributed by atoms with Crippen molar-refractivity contribution in [2.24, 2.45) is 0 Å². The predicted octanol–water partition coefficient (Wildman–Crippen LogP) is 2.98. The lowest BCUT2D eigenvalue weighted by atomic mass is 10.1. The van der Waals surface area contributed by atoms with Gasteiger partial charge in [0.1, 0.15) is 11.3 Å². The van der Waals surface area contributed by atoms with E-state index < -0.39 is 29.6 Å². The third kappa shape index (κ3) is 3.37. The first-order chi connectivity index (χ1) is 7.71. The molecule has 0 radical (unpaired) electrons. The van der Waals surface area contributed by atoms with Gasteiger partial charge in [-0.2, -0.15) is 13.2 Å². The Labute approximate surface area is 95.8 Å². The fourth-order valence-electron chi connectivity index (χ4n) is 1.16. The van der Waals surface area contributed by atoms with E-state index >= 15 is 0 Å². The van der Waals surface area contributed by atoms with Crippen molar-refractivity contribution in [3.8, 4) is 5.75 Å². The molecule has 17 heavy (non-hydrogen) atoms. The fourth-order valence-corrected chi connectivity index (χ4v) is 1.16. The zero-order valence-electron chi connectivity index (χ0n) is 9.21. The van der Waals surface area contributed by atoms with E-state index in [1.54, 1.807) is 13.8 Å². The SMILES string of the molecule is CC(C)OC(=O)c1ccc(C(F)(F)F)cc1O. The summed E-state index contributed by atoms with van der Waals surface area (Å²) in [4.78, 5) is 11.4. The van der Waals surface area contributed by atoms with Crippen molar-refractivity contribution < 1.29 is 27.8 Å². The maximum Gasteiger partial charge on any atom is 0.416 e. The number of phenolic OH excluding ortho intramolecular Hbond substituents is 1. The Bertz CT molecular complexity index is 424. The highest BCUT2D eigenvalue weighted by Gasteiger charge is 2.31. The first-order valence-corrected chi connectivity index (χ1v) is 4.83. The number of hydrogen-bond acceptors (Lipinski definition) is 3. The average molecular weight is 248 g/mol. The van der Waals surface area contributed by atoms with E-state index in [0.29, 0.717) is 6.07 Å². The lowest BCUT2D eigenvalue weighted by Gasteiger charge is -2.11. The molecule has 0 aromatic heterocycles. The molecule has 0 aliphatic carbocycles. The van der Waals surface area contributed by atoms with Gasteiger partial charge < -0.3 is 9.84 Å². The molecule has 1 N–H and O–H groups in total. The first-order valence-electron chi connectivity index (χ1n) is 4.83. The maximum atomic E-state index is 12.3. The molecule has 6 heteroatoms. The Morgan fingerprint density at radius 1 is 1.35 bits per heavy atom. The molecule has 0 unspecified atom stereocenters. The number of phenols is 1. The minimum Gasteiger partial charge on any atom is -0.507 e. The highest BCUT2D eigenvalue weighted by atomic mass is 19.4. The lowest BCUT2D eigenvalue weighted by Crippen LogP contribution is -2.12. The fraction of sp³-hybridized carbons (Fsp3) is 0.364. The van der Waals surface area contributed by atoms with Crippen molar-refractivity contribution in [3.05, 3.63) is 29.3 Å². The van der Waals surface area contributed by atoms with Gasteiger partial charge in [0.15, 0.2) is 0 Å². The quantitative estimate of drug-likeness (QED) is 0.818. The molecule has 3 nitrogen and oxygen atoms in total. The number of esters is 1. The zero-order chi connectivity index (χ0) is 13.2. The van der Waals surface area contributed by atoms with Gasteiger partial charge in [-0.05, 0) is 32.0 Å². The van der Waals surface area contributed by atoms with E-state index in [1.165, 1.54) is 0 Å². The van der Waals surface area contributed by atoms with Crippen LogP contribution in [0.3, 0.4) is 0 Å². The molecular formula is C11H11F3O3. The van der Waals surface area contributed by atoms with Gasteiger partial charge in [-0.25, -0.2) is 4.79 Å². The summed E-state index contributed by atoms with van der Waals surface area (Å²) < 4.78 is 41.6. The standard InChI is InChI=1S/C11H11F3O3/c1-6(2)17-10(16)8-4-3-7(5-9(8)15)11(12,13)14/h3-6,15H,1-2H3. The average Bonchev–Trinajstić information content (AvgIpc) is 2.14. The van der Waals surface area contributed by atoms with Crippen LogP contribution in [0.15, 0.2) is 18.2 Å². The number of ether oxygens (including phenoxy) is 1. The third-order valence-electron chi connectivity index (χ3n) is 1.89. The molecule has 94 valence electrons. The normalized spacial score (nSPS) is 11.6. The van der Waals surface area contributed by atoms with Crippen molar-refractivity contribution in [1.82, 2.24) is 0 Å². The topological polar surface area (TPSA) is 46.5 Å². The second-order valence-corrected chi connectivity index (χ2v) is 3.68. The van der Waals surface area contributed by atoms with Crippen LogP contribution in [0.2, 0.25) is 0 Å². The molecule has 0 bridgehead atoms. The van der Waals surface area contributed by atoms with Crippen LogP contribution >= 0.6 is 0 Å². The van der Waals surface area contributed by atoms with Gasteiger partial charge >= 0.3 is 12.1 Å². The number of rotatable bonds is 2. The largest absolute Gasteiger partial charge is 0.507 e. The zero-order valence-corrected chi connectivity index (χ0v) is 9.21. The van der Waals surface area contributed by atoms with Crippen LogP contribution in [0.1, 0.15) is 29.8 Å². The van der Waals surface area contributed by atoms with Gasteiger partial charge in [0.05, 0.1) is 11.7 Å². The molecule has 0 amide bonds. The van der Waals surface area contributed by atoms with Crippen molar-refractivity contribution in [3.63, 3.8) is 0 Å². The Morgan fingerprint density at radius 3 is 2.35 bits per heavy atom. The summed E-state index contributed by atoms with van der Waals surface area (Å²) >= 11 is 0. The van der Waals surface area contributed by atoms with Crippen LogP contribution in [0.4, 0.5) is 13.2 Å². The monoisotopic (exact) mass is 248 g/mol. The van der Waals surface area contributed by atoms with E-state index in [-0.39, 0.29) is 5.56 Å². The number of hydrogen-bond donors (Lipinski definition) is 1. The number of halogens is 3. The van der Waals surface area contributed by atoms with E-state index in [2.05, 4.69) is 0 Å². The smallest absolute Gasteiger partial charge is 0.416 e. The molecule has 1 rings (SSSR count). The summed E-state index contributed by atoms with van der Waals surface area (Å²) in [5, 5.41) is 9.34. The van der Waals surface area contributed by atoms with Crippen molar-refractivity contribution in [1.29, 1.82) is 0 Å². The summed E-state index contributed by atoms with van der Waals surface area (Å²) in [5.74, 6) is -1.60. The van der Waals surface area contributed by atoms with Gasteiger partial charge in [0, 0.05) is 0 Å². The molecular weight excluding hydrogens is 237 g/mol. The van der Waals surface area contributed by atoms with Crippen LogP contribution in [-0.2, 0) is 10.9 Å². The van der Waals surface area contributed by atoms with E-state index in [1.807, 2.05) is 0 Å². The first kappa shape index (κ1) is 13.3. The van der Waals surface area contributed by atoms with Crippen LogP contribution in [0.25, 0.3) is 0 Å². The molecule has 0 aliphatic rings. The van der Waals surface area contributed by atoms with Crippen LogP contribution in [-0.4, -0.2) is 17.2 Å². The van der Waals surface area contributed by atoms with E-state index in [4.69, 9.17) is 4.74 Å². The van der Waals surface area contributed by atoms with Gasteiger partial charge in [-0.3, -0.25) is 0 Å². The second-order valence-electron chi connectivity index (χ2n) is 3.68. The number of benzene rings is 1. The number of carbonyl (C=O) groups excluding carboxylic acids is 1. The van der Waals surface area contributed by atoms with Crippen LogP contribution in [0, 0.1) is 0 Å². The van der Waals surface area contributed by atoms with Crippen molar-refractivity contribution in [2.75, 3.05) is 0 Å². The lowest BCUT2D eigenvalue weighted by molar-refractivity contribution is -0.137. The number of carbonyl (C=O) groups is 1. The molecule has 1 aromatic carbocycles. The summed E-state index contributed by atoms with van der Waals surface area (Å²) in [6.45, 7) is 3.19. The number of aromatic hydroxyl groups is 1. The molecule has 0 aliphatic heterocycles. The molecule has 0 spiro atoms. The van der Waals surface area contributed by atoms with Crippen LogP contribution < -0.4 is 0 Å². The molecule has 0 heterocycles. The van der Waals surface area contributed by atoms with Crippen molar-refractivity contribution >= 4 is 5.97 Å². The summed E-state index contributed by atoms with van der Waals surface area (Å²) in [5.41, 5.74) is -1.30. The minimum absolute atomic E-state index is 0.285. The Balaban J connectivity index is 3.02. The van der Waals surface area contributed by atoms with Gasteiger partial charge in [0.25, 0.3) is 0 Å². The Hall–Kier alpha value is -1.72. The summed E-state index contributed by atoms with van der Waals surface area (Å²) in [6.07, 6.45) is -4.97. The third-order valence-corrected chi connectivity index (χ3v) is 1.89. The Morgan fingerprint density at radius 2 is 1.94 bits per heavy atom. The maximum absolute atomic E-state index is 12.3. The highest BCUT2D eigenvalue weighted by molar-refractivity contribution is 5.92. The number of alkyl halides is 3. The molecule has 1 aromatic rings. The Kier molecular flexibility index (Phi) is 3.65. The van der Waals surface area contributed by atoms with Gasteiger partial charge in [-0.15, -0.1) is 0 Å². The van der Waals surface area contributed by atoms with Gasteiger partial charge in [0.2, 0.25) is 0 Å². The van der Waals surface area contributed by atoms with Gasteiger partial charge in [-0.1, -0.05) is 0 Å². The minimum atomic E-state index is -4.56. The second kappa shape index (κ2) is 4.65. The molecule has 0 atom stereocenters. The highest BCUT2D eigenvalue weighted by Crippen LogP contribution is 2.32. The van der Waals surface area contributed by atoms with Crippen LogP contribution in [0.5, 0.6) is 5.75 Å². The summed E-state index contributed by atoms with van der Waals surface area (Å²) in [6, 6.07) is 2.11. The predicted molar refractivity (Wildman–Crippen MR) is 53.7 cm³/mol. The molecule has 0 saturated carbocycles. The van der Waals surface area contributed by atoms with E-state index in [9.17, 15) is 23.1 Å². The molecule has 0 saturated heterocycles.